The second-order valence-electron chi connectivity index (χ2n) is 7.95. The number of nitrogens with zero attached hydrogens (tertiary/aromatic N) is 1. The molecule has 0 saturated carbocycles. The molecular weight excluding hydrogens is 493 g/mol. The predicted octanol–water partition coefficient (Wildman–Crippen LogP) is 5.81. The summed E-state index contributed by atoms with van der Waals surface area (Å²) in [5.74, 6) is 0.652. The van der Waals surface area contributed by atoms with Crippen LogP contribution in [0.5, 0.6) is 11.5 Å². The standard InChI is InChI=1S/C26H23F3N2O4S/c1-34-24(11-13-30)36(32,33)20-8-3-7-19(16-20)35-18-6-2-5-17(15-18)21-12-14-31-25-22(21)9-4-10-23(25)26(27,28)29/h2-10,12,14-16,24H,11,13,30H2,1H3. The van der Waals surface area contributed by atoms with Crippen LogP contribution in [0.25, 0.3) is 22.0 Å². The zero-order valence-electron chi connectivity index (χ0n) is 19.2. The summed E-state index contributed by atoms with van der Waals surface area (Å²) in [6.07, 6.45) is -3.06. The van der Waals surface area contributed by atoms with E-state index in [0.717, 1.165) is 6.07 Å². The molecule has 1 atom stereocenters. The van der Waals surface area contributed by atoms with E-state index in [0.29, 0.717) is 22.3 Å². The van der Waals surface area contributed by atoms with Crippen molar-refractivity contribution in [1.82, 2.24) is 4.98 Å². The third kappa shape index (κ3) is 5.20. The van der Waals surface area contributed by atoms with Gasteiger partial charge in [-0.3, -0.25) is 4.98 Å². The number of hydrogen-bond donors (Lipinski definition) is 1. The maximum absolute atomic E-state index is 13.5. The summed E-state index contributed by atoms with van der Waals surface area (Å²) < 4.78 is 77.2. The van der Waals surface area contributed by atoms with Crippen LogP contribution in [0.4, 0.5) is 13.2 Å². The Morgan fingerprint density at radius 2 is 1.67 bits per heavy atom. The van der Waals surface area contributed by atoms with Gasteiger partial charge in [-0.2, -0.15) is 13.2 Å². The molecule has 4 rings (SSSR count). The van der Waals surface area contributed by atoms with E-state index in [4.69, 9.17) is 15.2 Å². The molecule has 0 fully saturated rings. The van der Waals surface area contributed by atoms with Gasteiger partial charge in [-0.05, 0) is 60.1 Å². The van der Waals surface area contributed by atoms with Crippen molar-refractivity contribution in [2.24, 2.45) is 5.73 Å². The number of aromatic nitrogens is 1. The Morgan fingerprint density at radius 3 is 2.36 bits per heavy atom. The summed E-state index contributed by atoms with van der Waals surface area (Å²) in [7, 11) is -2.49. The Morgan fingerprint density at radius 1 is 0.972 bits per heavy atom. The van der Waals surface area contributed by atoms with Gasteiger partial charge in [-0.15, -0.1) is 0 Å². The van der Waals surface area contributed by atoms with Crippen LogP contribution in [-0.4, -0.2) is 32.5 Å². The maximum Gasteiger partial charge on any atom is 0.418 e. The van der Waals surface area contributed by atoms with Gasteiger partial charge in [0.1, 0.15) is 11.5 Å². The van der Waals surface area contributed by atoms with Gasteiger partial charge >= 0.3 is 6.18 Å². The minimum absolute atomic E-state index is 0.0243. The molecule has 4 aromatic rings. The first kappa shape index (κ1) is 25.6. The van der Waals surface area contributed by atoms with E-state index in [1.165, 1.54) is 31.5 Å². The normalized spacial score (nSPS) is 13.0. The molecule has 1 unspecified atom stereocenters. The summed E-state index contributed by atoms with van der Waals surface area (Å²) in [4.78, 5) is 3.99. The molecular formula is C26H23F3N2O4S. The van der Waals surface area contributed by atoms with Crippen molar-refractivity contribution in [1.29, 1.82) is 0 Å². The van der Waals surface area contributed by atoms with Gasteiger partial charge in [-0.1, -0.05) is 30.3 Å². The van der Waals surface area contributed by atoms with Crippen LogP contribution in [-0.2, 0) is 20.8 Å². The summed E-state index contributed by atoms with van der Waals surface area (Å²) >= 11 is 0. The van der Waals surface area contributed by atoms with Gasteiger partial charge in [0.2, 0.25) is 9.84 Å². The third-order valence-corrected chi connectivity index (χ3v) is 7.63. The van der Waals surface area contributed by atoms with Crippen LogP contribution >= 0.6 is 0 Å². The lowest BCUT2D eigenvalue weighted by Crippen LogP contribution is -2.26. The molecule has 0 bridgehead atoms. The van der Waals surface area contributed by atoms with E-state index in [1.54, 1.807) is 48.5 Å². The largest absolute Gasteiger partial charge is 0.457 e. The first-order valence-electron chi connectivity index (χ1n) is 10.9. The molecule has 0 spiro atoms. The third-order valence-electron chi connectivity index (χ3n) is 5.60. The lowest BCUT2D eigenvalue weighted by molar-refractivity contribution is -0.136. The average Bonchev–Trinajstić information content (AvgIpc) is 2.86. The van der Waals surface area contributed by atoms with E-state index >= 15 is 0 Å². The Kier molecular flexibility index (Phi) is 7.30. The average molecular weight is 517 g/mol. The van der Waals surface area contributed by atoms with Gasteiger partial charge in [-0.25, -0.2) is 8.42 Å². The van der Waals surface area contributed by atoms with Crippen LogP contribution in [0.15, 0.2) is 83.9 Å². The first-order valence-corrected chi connectivity index (χ1v) is 12.5. The molecule has 1 heterocycles. The summed E-state index contributed by atoms with van der Waals surface area (Å²) in [5.41, 5.74) is 4.65. The molecule has 188 valence electrons. The molecule has 0 aliphatic heterocycles. The first-order chi connectivity index (χ1) is 17.1. The Hall–Kier alpha value is -3.47. The quantitative estimate of drug-likeness (QED) is 0.318. The zero-order valence-corrected chi connectivity index (χ0v) is 20.0. The van der Waals surface area contributed by atoms with Gasteiger partial charge in [0, 0.05) is 25.1 Å². The summed E-state index contributed by atoms with van der Waals surface area (Å²) in [6.45, 7) is 0.148. The predicted molar refractivity (Wildman–Crippen MR) is 130 cm³/mol. The number of rotatable bonds is 8. The number of sulfone groups is 1. The van der Waals surface area contributed by atoms with Crippen molar-refractivity contribution in [2.75, 3.05) is 13.7 Å². The molecule has 1 aromatic heterocycles. The number of hydrogen-bond acceptors (Lipinski definition) is 6. The number of pyridine rings is 1. The molecule has 0 amide bonds. The van der Waals surface area contributed by atoms with Crippen molar-refractivity contribution < 1.29 is 31.1 Å². The molecule has 0 saturated heterocycles. The van der Waals surface area contributed by atoms with E-state index in [2.05, 4.69) is 4.98 Å². The number of nitrogens with two attached hydrogens (primary N) is 1. The molecule has 10 heteroatoms. The van der Waals surface area contributed by atoms with Crippen molar-refractivity contribution >= 4 is 20.7 Å². The fraction of sp³-hybridized carbons (Fsp3) is 0.192. The van der Waals surface area contributed by atoms with Gasteiger partial charge in [0.05, 0.1) is 16.0 Å². The summed E-state index contributed by atoms with van der Waals surface area (Å²) in [6, 6.07) is 18.4. The molecule has 0 radical (unpaired) electrons. The number of methoxy groups -OCH3 is 1. The Balaban J connectivity index is 1.68. The van der Waals surface area contributed by atoms with E-state index in [1.807, 2.05) is 0 Å². The van der Waals surface area contributed by atoms with Crippen LogP contribution in [0.3, 0.4) is 0 Å². The van der Waals surface area contributed by atoms with Gasteiger partial charge in [0.25, 0.3) is 0 Å². The molecule has 2 N–H and O–H groups in total. The lowest BCUT2D eigenvalue weighted by Gasteiger charge is -2.16. The van der Waals surface area contributed by atoms with Crippen molar-refractivity contribution in [3.8, 4) is 22.6 Å². The van der Waals surface area contributed by atoms with E-state index in [-0.39, 0.29) is 29.1 Å². The fourth-order valence-electron chi connectivity index (χ4n) is 3.92. The van der Waals surface area contributed by atoms with Crippen LogP contribution in [0, 0.1) is 0 Å². The number of ether oxygens (including phenoxy) is 2. The highest BCUT2D eigenvalue weighted by molar-refractivity contribution is 7.91. The number of fused-ring (bicyclic) bond motifs is 1. The minimum Gasteiger partial charge on any atom is -0.457 e. The zero-order chi connectivity index (χ0) is 25.9. The van der Waals surface area contributed by atoms with Crippen LogP contribution in [0.1, 0.15) is 12.0 Å². The van der Waals surface area contributed by atoms with Crippen molar-refractivity contribution in [2.45, 2.75) is 22.9 Å². The lowest BCUT2D eigenvalue weighted by atomic mass is 9.99. The molecule has 6 nitrogen and oxygen atoms in total. The van der Waals surface area contributed by atoms with E-state index < -0.39 is 27.0 Å². The Labute approximate surface area is 206 Å². The summed E-state index contributed by atoms with van der Waals surface area (Å²) in [5, 5.41) is 0.350. The van der Waals surface area contributed by atoms with Gasteiger partial charge in [0.15, 0.2) is 5.44 Å². The minimum atomic E-state index is -4.53. The number of alkyl halides is 3. The SMILES string of the molecule is COC(CCN)S(=O)(=O)c1cccc(Oc2cccc(-c3ccnc4c(C(F)(F)F)cccc34)c2)c1. The second kappa shape index (κ2) is 10.3. The van der Waals surface area contributed by atoms with Gasteiger partial charge < -0.3 is 15.2 Å². The Bertz CT molecular complexity index is 1490. The second-order valence-corrected chi connectivity index (χ2v) is 10.0. The highest BCUT2D eigenvalue weighted by atomic mass is 32.2. The molecule has 0 aliphatic carbocycles. The van der Waals surface area contributed by atoms with Crippen LogP contribution < -0.4 is 10.5 Å². The van der Waals surface area contributed by atoms with E-state index in [9.17, 15) is 21.6 Å². The topological polar surface area (TPSA) is 91.5 Å². The monoisotopic (exact) mass is 516 g/mol. The highest BCUT2D eigenvalue weighted by Gasteiger charge is 2.33. The van der Waals surface area contributed by atoms with Crippen molar-refractivity contribution in [3.63, 3.8) is 0 Å². The maximum atomic E-state index is 13.5. The van der Waals surface area contributed by atoms with Crippen LogP contribution in [0.2, 0.25) is 0 Å². The smallest absolute Gasteiger partial charge is 0.418 e. The molecule has 0 aliphatic rings. The fourth-order valence-corrected chi connectivity index (χ4v) is 5.47. The highest BCUT2D eigenvalue weighted by Crippen LogP contribution is 2.38. The number of para-hydroxylation sites is 1. The molecule has 36 heavy (non-hydrogen) atoms. The number of benzene rings is 3. The van der Waals surface area contributed by atoms with Crippen molar-refractivity contribution in [3.05, 3.63) is 84.6 Å². The number of halogens is 3. The molecule has 3 aromatic carbocycles.